The second-order valence-corrected chi connectivity index (χ2v) is 9.50. The Morgan fingerprint density at radius 2 is 2.04 bits per heavy atom. The molecule has 144 valence electrons. The van der Waals surface area contributed by atoms with Crippen molar-refractivity contribution in [3.05, 3.63) is 48.0 Å². The van der Waals surface area contributed by atoms with E-state index < -0.39 is 16.1 Å². The fraction of sp³-hybridized carbons (Fsp3) is 0.316. The molecule has 1 aliphatic heterocycles. The summed E-state index contributed by atoms with van der Waals surface area (Å²) in [5.41, 5.74) is 2.07. The van der Waals surface area contributed by atoms with E-state index in [2.05, 4.69) is 5.32 Å². The maximum absolute atomic E-state index is 12.8. The third kappa shape index (κ3) is 4.39. The molecule has 1 N–H and O–H groups in total. The molecule has 3 rings (SSSR count). The number of sulfonamides is 1. The Kier molecular flexibility index (Phi) is 5.67. The van der Waals surface area contributed by atoms with E-state index in [-0.39, 0.29) is 12.5 Å². The minimum atomic E-state index is -3.54. The van der Waals surface area contributed by atoms with E-state index >= 15 is 0 Å². The van der Waals surface area contributed by atoms with Crippen molar-refractivity contribution in [3.8, 4) is 5.75 Å². The fourth-order valence-corrected chi connectivity index (χ4v) is 4.54. The van der Waals surface area contributed by atoms with Crippen LogP contribution in [0.4, 0.5) is 11.4 Å². The summed E-state index contributed by atoms with van der Waals surface area (Å²) in [6.45, 7) is 3.85. The van der Waals surface area contributed by atoms with Crippen LogP contribution in [0.1, 0.15) is 12.5 Å². The van der Waals surface area contributed by atoms with Crippen LogP contribution in [0, 0.1) is 6.92 Å². The predicted octanol–water partition coefficient (Wildman–Crippen LogP) is 3.27. The minimum Gasteiger partial charge on any atom is -0.476 e. The number of amides is 1. The van der Waals surface area contributed by atoms with Gasteiger partial charge in [0.05, 0.1) is 24.2 Å². The molecule has 1 atom stereocenters. The van der Waals surface area contributed by atoms with Crippen LogP contribution < -0.4 is 14.4 Å². The molecule has 2 aromatic carbocycles. The monoisotopic (exact) mass is 406 g/mol. The first-order chi connectivity index (χ1) is 12.8. The number of carbonyl (C=O) groups excluding carboxylic acids is 1. The number of fused-ring (bicyclic) bond motifs is 1. The van der Waals surface area contributed by atoms with Crippen LogP contribution in [0.2, 0.25) is 0 Å². The third-order valence-electron chi connectivity index (χ3n) is 4.12. The predicted molar refractivity (Wildman–Crippen MR) is 109 cm³/mol. The Labute approximate surface area is 164 Å². The molecule has 27 heavy (non-hydrogen) atoms. The minimum absolute atomic E-state index is 0.0653. The summed E-state index contributed by atoms with van der Waals surface area (Å²) in [7, 11) is -3.54. The molecular weight excluding hydrogens is 384 g/mol. The molecule has 1 aliphatic rings. The number of rotatable bonds is 5. The molecule has 0 spiro atoms. The summed E-state index contributed by atoms with van der Waals surface area (Å²) in [5.74, 6) is 0.883. The van der Waals surface area contributed by atoms with Crippen molar-refractivity contribution in [3.63, 3.8) is 0 Å². The molecule has 0 aromatic heterocycles. The number of thioether (sulfide) groups is 1. The van der Waals surface area contributed by atoms with Crippen molar-refractivity contribution in [2.75, 3.05) is 28.2 Å². The van der Waals surface area contributed by atoms with Gasteiger partial charge in [-0.1, -0.05) is 25.1 Å². The van der Waals surface area contributed by atoms with Gasteiger partial charge in [0.15, 0.2) is 6.10 Å². The van der Waals surface area contributed by atoms with Crippen LogP contribution in [0.3, 0.4) is 0 Å². The first kappa shape index (κ1) is 19.6. The summed E-state index contributed by atoms with van der Waals surface area (Å²) < 4.78 is 31.6. The number of ether oxygens (including phenoxy) is 1. The first-order valence-electron chi connectivity index (χ1n) is 8.57. The summed E-state index contributed by atoms with van der Waals surface area (Å²) in [5, 5.41) is 2.87. The molecule has 1 heterocycles. The third-order valence-corrected chi connectivity index (χ3v) is 6.22. The van der Waals surface area contributed by atoms with Gasteiger partial charge in [0.1, 0.15) is 5.75 Å². The van der Waals surface area contributed by atoms with E-state index in [1.165, 1.54) is 4.31 Å². The highest BCUT2D eigenvalue weighted by atomic mass is 32.2. The molecule has 0 aliphatic carbocycles. The Balaban J connectivity index is 1.88. The van der Waals surface area contributed by atoms with Gasteiger partial charge in [0.2, 0.25) is 10.0 Å². The van der Waals surface area contributed by atoms with Gasteiger partial charge in [0, 0.05) is 4.90 Å². The molecule has 1 amide bonds. The van der Waals surface area contributed by atoms with Crippen molar-refractivity contribution >= 4 is 39.1 Å². The second kappa shape index (κ2) is 7.82. The van der Waals surface area contributed by atoms with E-state index in [9.17, 15) is 13.2 Å². The van der Waals surface area contributed by atoms with Gasteiger partial charge in [-0.15, -0.1) is 11.8 Å². The maximum atomic E-state index is 12.8. The van der Waals surface area contributed by atoms with E-state index in [4.69, 9.17) is 4.74 Å². The van der Waals surface area contributed by atoms with Crippen molar-refractivity contribution in [1.82, 2.24) is 0 Å². The SMILES string of the molecule is CCSc1ccccc1NC(=O)C1CN(S(C)(=O)=O)c2cc(C)ccc2O1. The molecule has 0 fully saturated rings. The lowest BCUT2D eigenvalue weighted by molar-refractivity contribution is -0.122. The van der Waals surface area contributed by atoms with Gasteiger partial charge < -0.3 is 10.1 Å². The molecule has 0 saturated carbocycles. The van der Waals surface area contributed by atoms with Gasteiger partial charge in [-0.2, -0.15) is 0 Å². The van der Waals surface area contributed by atoms with Crippen LogP contribution in [0.5, 0.6) is 5.75 Å². The Hall–Kier alpha value is -2.19. The van der Waals surface area contributed by atoms with Crippen molar-refractivity contribution < 1.29 is 17.9 Å². The van der Waals surface area contributed by atoms with Crippen LogP contribution in [-0.2, 0) is 14.8 Å². The number of hydrogen-bond donors (Lipinski definition) is 1. The summed E-state index contributed by atoms with van der Waals surface area (Å²) >= 11 is 1.62. The summed E-state index contributed by atoms with van der Waals surface area (Å²) in [4.78, 5) is 13.8. The number of aryl methyl sites for hydroxylation is 1. The maximum Gasteiger partial charge on any atom is 0.267 e. The highest BCUT2D eigenvalue weighted by molar-refractivity contribution is 7.99. The van der Waals surface area contributed by atoms with Crippen molar-refractivity contribution in [2.24, 2.45) is 0 Å². The number of nitrogens with zero attached hydrogens (tertiary/aromatic N) is 1. The van der Waals surface area contributed by atoms with Gasteiger partial charge in [-0.05, 0) is 42.5 Å². The standard InChI is InChI=1S/C19H22N2O4S2/c1-4-26-18-8-6-5-7-14(18)20-19(22)17-12-21(27(3,23)24)15-11-13(2)9-10-16(15)25-17/h5-11,17H,4,12H2,1-3H3,(H,20,22). The van der Waals surface area contributed by atoms with Crippen molar-refractivity contribution in [2.45, 2.75) is 24.8 Å². The van der Waals surface area contributed by atoms with E-state index in [1.54, 1.807) is 23.9 Å². The molecule has 0 bridgehead atoms. The smallest absolute Gasteiger partial charge is 0.267 e. The summed E-state index contributed by atoms with van der Waals surface area (Å²) in [6, 6.07) is 12.8. The normalized spacial score (nSPS) is 16.4. The lowest BCUT2D eigenvalue weighted by Crippen LogP contribution is -2.48. The highest BCUT2D eigenvalue weighted by Crippen LogP contribution is 2.36. The van der Waals surface area contributed by atoms with Crippen LogP contribution in [-0.4, -0.2) is 39.0 Å². The molecule has 2 aromatic rings. The van der Waals surface area contributed by atoms with Gasteiger partial charge >= 0.3 is 0 Å². The molecule has 1 unspecified atom stereocenters. The van der Waals surface area contributed by atoms with Crippen LogP contribution in [0.25, 0.3) is 0 Å². The number of para-hydroxylation sites is 1. The highest BCUT2D eigenvalue weighted by Gasteiger charge is 2.35. The number of hydrogen-bond acceptors (Lipinski definition) is 5. The largest absolute Gasteiger partial charge is 0.476 e. The van der Waals surface area contributed by atoms with E-state index in [0.29, 0.717) is 17.1 Å². The van der Waals surface area contributed by atoms with Crippen LogP contribution in [0.15, 0.2) is 47.4 Å². The van der Waals surface area contributed by atoms with E-state index in [1.807, 2.05) is 44.2 Å². The number of nitrogens with one attached hydrogen (secondary N) is 1. The molecular formula is C19H22N2O4S2. The summed E-state index contributed by atoms with van der Waals surface area (Å²) in [6.07, 6.45) is 0.196. The van der Waals surface area contributed by atoms with Crippen molar-refractivity contribution in [1.29, 1.82) is 0 Å². The number of anilines is 2. The Morgan fingerprint density at radius 3 is 2.74 bits per heavy atom. The molecule has 6 nitrogen and oxygen atoms in total. The van der Waals surface area contributed by atoms with Crippen LogP contribution >= 0.6 is 11.8 Å². The average Bonchev–Trinajstić information content (AvgIpc) is 2.61. The van der Waals surface area contributed by atoms with E-state index in [0.717, 1.165) is 22.5 Å². The lowest BCUT2D eigenvalue weighted by atomic mass is 10.1. The molecule has 0 saturated heterocycles. The topological polar surface area (TPSA) is 75.7 Å². The number of benzene rings is 2. The van der Waals surface area contributed by atoms with Gasteiger partial charge in [-0.3, -0.25) is 9.10 Å². The quantitative estimate of drug-likeness (QED) is 0.772. The molecule has 0 radical (unpaired) electrons. The first-order valence-corrected chi connectivity index (χ1v) is 11.4. The fourth-order valence-electron chi connectivity index (χ4n) is 2.88. The average molecular weight is 407 g/mol. The zero-order chi connectivity index (χ0) is 19.6. The Bertz CT molecular complexity index is 960. The Morgan fingerprint density at radius 1 is 1.30 bits per heavy atom. The lowest BCUT2D eigenvalue weighted by Gasteiger charge is -2.34. The van der Waals surface area contributed by atoms with Gasteiger partial charge in [-0.25, -0.2) is 8.42 Å². The zero-order valence-corrected chi connectivity index (χ0v) is 17.1. The number of carbonyl (C=O) groups is 1. The second-order valence-electron chi connectivity index (χ2n) is 6.29. The molecule has 8 heteroatoms. The zero-order valence-electron chi connectivity index (χ0n) is 15.4. The van der Waals surface area contributed by atoms with Gasteiger partial charge in [0.25, 0.3) is 5.91 Å².